The second-order valence-corrected chi connectivity index (χ2v) is 5.75. The first kappa shape index (κ1) is 21.4. The molecule has 0 radical (unpaired) electrons. The molecule has 10 heteroatoms. The van der Waals surface area contributed by atoms with Crippen LogP contribution in [0.25, 0.3) is 0 Å². The first-order chi connectivity index (χ1) is 13.9. The molecule has 0 saturated heterocycles. The molecule has 0 heterocycles. The highest BCUT2D eigenvalue weighted by molar-refractivity contribution is 5.93. The van der Waals surface area contributed by atoms with Crippen LogP contribution < -0.4 is 20.2 Å². The van der Waals surface area contributed by atoms with Crippen LogP contribution in [-0.4, -0.2) is 37.2 Å². The van der Waals surface area contributed by atoms with Crippen molar-refractivity contribution in [1.82, 2.24) is 5.43 Å². The summed E-state index contributed by atoms with van der Waals surface area (Å²) >= 11 is 0. The topological polar surface area (TPSA) is 132 Å². The average Bonchev–Trinajstić information content (AvgIpc) is 2.72. The summed E-state index contributed by atoms with van der Waals surface area (Å²) in [5.41, 5.74) is 3.31. The van der Waals surface area contributed by atoms with Crippen LogP contribution in [0, 0.1) is 10.1 Å². The molecule has 0 aliphatic heterocycles. The van der Waals surface area contributed by atoms with Gasteiger partial charge in [-0.05, 0) is 24.3 Å². The third-order valence-electron chi connectivity index (χ3n) is 3.77. The van der Waals surface area contributed by atoms with Gasteiger partial charge in [0.05, 0.1) is 25.4 Å². The Balaban J connectivity index is 1.80. The Morgan fingerprint density at radius 3 is 2.38 bits per heavy atom. The van der Waals surface area contributed by atoms with E-state index in [0.29, 0.717) is 22.7 Å². The van der Waals surface area contributed by atoms with Gasteiger partial charge in [0.1, 0.15) is 11.5 Å². The molecule has 0 fully saturated rings. The molecule has 0 aliphatic carbocycles. The van der Waals surface area contributed by atoms with Crippen LogP contribution in [-0.2, 0) is 9.59 Å². The number of benzene rings is 2. The second-order valence-electron chi connectivity index (χ2n) is 5.75. The van der Waals surface area contributed by atoms with Gasteiger partial charge in [-0.2, -0.15) is 5.10 Å². The average molecular weight is 400 g/mol. The van der Waals surface area contributed by atoms with Crippen LogP contribution in [0.4, 0.5) is 11.4 Å². The predicted molar refractivity (Wildman–Crippen MR) is 106 cm³/mol. The van der Waals surface area contributed by atoms with Crippen molar-refractivity contribution >= 4 is 29.4 Å². The minimum absolute atomic E-state index is 0.0653. The molecular formula is C19H20N4O6. The molecule has 152 valence electrons. The first-order valence-electron chi connectivity index (χ1n) is 8.51. The van der Waals surface area contributed by atoms with Gasteiger partial charge in [0.15, 0.2) is 0 Å². The number of nitrogens with zero attached hydrogens (tertiary/aromatic N) is 2. The summed E-state index contributed by atoms with van der Waals surface area (Å²) in [4.78, 5) is 33.8. The summed E-state index contributed by atoms with van der Waals surface area (Å²) in [6.45, 7) is 0. The summed E-state index contributed by atoms with van der Waals surface area (Å²) in [6.07, 6.45) is 1.28. The molecule has 10 nitrogen and oxygen atoms in total. The Bertz CT molecular complexity index is 911. The van der Waals surface area contributed by atoms with Gasteiger partial charge in [-0.25, -0.2) is 5.43 Å². The van der Waals surface area contributed by atoms with Crippen molar-refractivity contribution in [1.29, 1.82) is 0 Å². The van der Waals surface area contributed by atoms with E-state index in [0.717, 1.165) is 0 Å². The fourth-order valence-electron chi connectivity index (χ4n) is 2.27. The molecule has 0 unspecified atom stereocenters. The summed E-state index contributed by atoms with van der Waals surface area (Å²) < 4.78 is 10.3. The third kappa shape index (κ3) is 6.61. The maximum Gasteiger partial charge on any atom is 0.269 e. The van der Waals surface area contributed by atoms with Crippen molar-refractivity contribution in [2.24, 2.45) is 5.10 Å². The van der Waals surface area contributed by atoms with Crippen molar-refractivity contribution in [3.8, 4) is 11.5 Å². The van der Waals surface area contributed by atoms with E-state index in [-0.39, 0.29) is 18.5 Å². The van der Waals surface area contributed by atoms with Crippen LogP contribution in [0.5, 0.6) is 11.5 Å². The molecule has 0 saturated carbocycles. The van der Waals surface area contributed by atoms with E-state index >= 15 is 0 Å². The Kier molecular flexibility index (Phi) is 7.66. The molecule has 2 amide bonds. The van der Waals surface area contributed by atoms with Crippen LogP contribution in [0.2, 0.25) is 0 Å². The monoisotopic (exact) mass is 400 g/mol. The predicted octanol–water partition coefficient (Wildman–Crippen LogP) is 2.48. The molecule has 0 aliphatic rings. The fourth-order valence-corrected chi connectivity index (χ4v) is 2.27. The number of amides is 2. The molecule has 0 bridgehead atoms. The van der Waals surface area contributed by atoms with Gasteiger partial charge in [-0.15, -0.1) is 0 Å². The molecular weight excluding hydrogens is 380 g/mol. The van der Waals surface area contributed by atoms with Gasteiger partial charge in [0, 0.05) is 42.3 Å². The first-order valence-corrected chi connectivity index (χ1v) is 8.51. The van der Waals surface area contributed by atoms with Crippen LogP contribution in [0.15, 0.2) is 47.6 Å². The second kappa shape index (κ2) is 10.4. The number of hydrogen-bond donors (Lipinski definition) is 2. The van der Waals surface area contributed by atoms with E-state index in [1.54, 1.807) is 25.3 Å². The number of nitro benzene ring substituents is 1. The zero-order chi connectivity index (χ0) is 21.2. The van der Waals surface area contributed by atoms with Gasteiger partial charge in [-0.3, -0.25) is 19.7 Å². The van der Waals surface area contributed by atoms with Crippen LogP contribution >= 0.6 is 0 Å². The van der Waals surface area contributed by atoms with Gasteiger partial charge in [-0.1, -0.05) is 0 Å². The van der Waals surface area contributed by atoms with Crippen molar-refractivity contribution in [3.63, 3.8) is 0 Å². The zero-order valence-corrected chi connectivity index (χ0v) is 15.9. The summed E-state index contributed by atoms with van der Waals surface area (Å²) in [5, 5.41) is 17.0. The van der Waals surface area contributed by atoms with Gasteiger partial charge < -0.3 is 14.8 Å². The summed E-state index contributed by atoms with van der Waals surface area (Å²) in [5.74, 6) is 0.328. The lowest BCUT2D eigenvalue weighted by atomic mass is 10.2. The normalized spacial score (nSPS) is 10.4. The molecule has 0 spiro atoms. The minimum atomic E-state index is -0.530. The number of non-ortho nitro benzene ring substituents is 1. The largest absolute Gasteiger partial charge is 0.497 e. The lowest BCUT2D eigenvalue weighted by Gasteiger charge is -2.07. The molecule has 0 atom stereocenters. The van der Waals surface area contributed by atoms with Crippen molar-refractivity contribution in [2.45, 2.75) is 12.8 Å². The lowest BCUT2D eigenvalue weighted by molar-refractivity contribution is -0.384. The number of nitrogens with one attached hydrogen (secondary N) is 2. The molecule has 2 rings (SSSR count). The Hall–Kier alpha value is -3.95. The van der Waals surface area contributed by atoms with Crippen molar-refractivity contribution < 1.29 is 24.0 Å². The maximum atomic E-state index is 11.9. The van der Waals surface area contributed by atoms with Crippen molar-refractivity contribution in [2.75, 3.05) is 19.5 Å². The SMILES string of the molecule is COc1ccc(C=NNC(=O)CCC(=O)Nc2ccc([N+](=O)[O-])cc2)c(OC)c1. The number of hydrazone groups is 1. The smallest absolute Gasteiger partial charge is 0.269 e. The Morgan fingerprint density at radius 2 is 1.76 bits per heavy atom. The molecule has 0 aromatic heterocycles. The minimum Gasteiger partial charge on any atom is -0.497 e. The van der Waals surface area contributed by atoms with E-state index in [2.05, 4.69) is 15.8 Å². The van der Waals surface area contributed by atoms with E-state index in [4.69, 9.17) is 9.47 Å². The molecule has 2 N–H and O–H groups in total. The summed E-state index contributed by atoms with van der Waals surface area (Å²) in [7, 11) is 3.05. The number of hydrogen-bond acceptors (Lipinski definition) is 7. The highest BCUT2D eigenvalue weighted by Crippen LogP contribution is 2.23. The quantitative estimate of drug-likeness (QED) is 0.377. The number of anilines is 1. The number of nitro groups is 1. The van der Waals surface area contributed by atoms with E-state index in [1.807, 2.05) is 0 Å². The number of rotatable bonds is 9. The highest BCUT2D eigenvalue weighted by Gasteiger charge is 2.09. The number of methoxy groups -OCH3 is 2. The van der Waals surface area contributed by atoms with Gasteiger partial charge in [0.2, 0.25) is 11.8 Å². The van der Waals surface area contributed by atoms with E-state index < -0.39 is 16.7 Å². The highest BCUT2D eigenvalue weighted by atomic mass is 16.6. The Morgan fingerprint density at radius 1 is 1.07 bits per heavy atom. The number of carbonyl (C=O) groups is 2. The molecule has 29 heavy (non-hydrogen) atoms. The van der Waals surface area contributed by atoms with E-state index in [9.17, 15) is 19.7 Å². The molecule has 2 aromatic carbocycles. The van der Waals surface area contributed by atoms with E-state index in [1.165, 1.54) is 37.6 Å². The standard InChI is InChI=1S/C19H20N4O6/c1-28-16-8-3-13(17(11-16)29-2)12-20-22-19(25)10-9-18(24)21-14-4-6-15(7-5-14)23(26)27/h3-8,11-12H,9-10H2,1-2H3,(H,21,24)(H,22,25). The van der Waals surface area contributed by atoms with Crippen LogP contribution in [0.3, 0.4) is 0 Å². The maximum absolute atomic E-state index is 11.9. The van der Waals surface area contributed by atoms with Crippen LogP contribution in [0.1, 0.15) is 18.4 Å². The van der Waals surface area contributed by atoms with Crippen molar-refractivity contribution in [3.05, 3.63) is 58.1 Å². The van der Waals surface area contributed by atoms with Gasteiger partial charge >= 0.3 is 0 Å². The third-order valence-corrected chi connectivity index (χ3v) is 3.77. The fraction of sp³-hybridized carbons (Fsp3) is 0.211. The van der Waals surface area contributed by atoms with Gasteiger partial charge in [0.25, 0.3) is 5.69 Å². The number of ether oxygens (including phenoxy) is 2. The number of carbonyl (C=O) groups excluding carboxylic acids is 2. The lowest BCUT2D eigenvalue weighted by Crippen LogP contribution is -2.20. The Labute approximate surface area is 166 Å². The molecule has 2 aromatic rings. The zero-order valence-electron chi connectivity index (χ0n) is 15.9. The summed E-state index contributed by atoms with van der Waals surface area (Å²) in [6, 6.07) is 10.5.